The second-order valence-electron chi connectivity index (χ2n) is 4.17. The average Bonchev–Trinajstić information content (AvgIpc) is 3.10. The lowest BCUT2D eigenvalue weighted by Crippen LogP contribution is -2.04. The first kappa shape index (κ1) is 11.2. The molecule has 20 heavy (non-hydrogen) atoms. The Morgan fingerprint density at radius 3 is 3.05 bits per heavy atom. The number of nitrogens with one attached hydrogen (secondary N) is 1. The second kappa shape index (κ2) is 4.49. The molecule has 0 atom stereocenters. The molecule has 1 aromatic carbocycles. The first-order valence-corrected chi connectivity index (χ1v) is 6.84. The Hall–Kier alpha value is -2.61. The van der Waals surface area contributed by atoms with Crippen molar-refractivity contribution < 1.29 is 0 Å². The van der Waals surface area contributed by atoms with E-state index in [1.54, 1.807) is 11.3 Å². The van der Waals surface area contributed by atoms with Gasteiger partial charge in [-0.3, -0.25) is 0 Å². The third kappa shape index (κ3) is 1.95. The lowest BCUT2D eigenvalue weighted by Gasteiger charge is -2.01. The fourth-order valence-corrected chi connectivity index (χ4v) is 2.81. The van der Waals surface area contributed by atoms with Crippen LogP contribution in [-0.4, -0.2) is 30.2 Å². The van der Waals surface area contributed by atoms with Gasteiger partial charge < -0.3 is 5.32 Å². The SMILES string of the molecule is c1ccc2sc(CNc3ccc4nnnn4n3)nc2c1. The van der Waals surface area contributed by atoms with Crippen LogP contribution in [0.15, 0.2) is 36.4 Å². The van der Waals surface area contributed by atoms with Crippen molar-refractivity contribution in [3.05, 3.63) is 41.4 Å². The molecule has 0 unspecified atom stereocenters. The number of benzene rings is 1. The summed E-state index contributed by atoms with van der Waals surface area (Å²) in [5.74, 6) is 0.712. The van der Waals surface area contributed by atoms with Gasteiger partial charge in [0.1, 0.15) is 10.8 Å². The van der Waals surface area contributed by atoms with Crippen molar-refractivity contribution in [1.82, 2.24) is 30.2 Å². The highest BCUT2D eigenvalue weighted by Gasteiger charge is 2.04. The largest absolute Gasteiger partial charge is 0.362 e. The minimum absolute atomic E-state index is 0.621. The fourth-order valence-electron chi connectivity index (χ4n) is 1.91. The van der Waals surface area contributed by atoms with Crippen LogP contribution in [0.2, 0.25) is 0 Å². The molecular weight excluding hydrogens is 274 g/mol. The highest BCUT2D eigenvalue weighted by molar-refractivity contribution is 7.18. The van der Waals surface area contributed by atoms with Crippen molar-refractivity contribution in [2.24, 2.45) is 0 Å². The topological polar surface area (TPSA) is 80.9 Å². The minimum atomic E-state index is 0.621. The number of fused-ring (bicyclic) bond motifs is 2. The van der Waals surface area contributed by atoms with Crippen LogP contribution in [0.4, 0.5) is 5.82 Å². The molecule has 0 radical (unpaired) electrons. The van der Waals surface area contributed by atoms with E-state index in [2.05, 4.69) is 37.0 Å². The number of aromatic nitrogens is 6. The molecule has 0 spiro atoms. The molecular formula is C12H9N7S. The van der Waals surface area contributed by atoms with Gasteiger partial charge in [0.05, 0.1) is 16.8 Å². The van der Waals surface area contributed by atoms with Gasteiger partial charge in [-0.2, -0.15) is 0 Å². The van der Waals surface area contributed by atoms with Gasteiger partial charge in [0.15, 0.2) is 5.65 Å². The standard InChI is InChI=1S/C12H9N7S/c1-2-4-9-8(3-1)14-12(20-9)7-13-10-5-6-11-15-17-18-19(11)16-10/h1-6H,7H2,(H,13,16). The summed E-state index contributed by atoms with van der Waals surface area (Å²) < 4.78 is 2.58. The van der Waals surface area contributed by atoms with Gasteiger partial charge in [-0.15, -0.1) is 26.2 Å². The van der Waals surface area contributed by atoms with Crippen molar-refractivity contribution in [2.45, 2.75) is 6.54 Å². The summed E-state index contributed by atoms with van der Waals surface area (Å²) in [5.41, 5.74) is 1.65. The lowest BCUT2D eigenvalue weighted by molar-refractivity contribution is 0.734. The number of hydrogen-bond donors (Lipinski definition) is 1. The monoisotopic (exact) mass is 283 g/mol. The van der Waals surface area contributed by atoms with Crippen LogP contribution in [0.1, 0.15) is 5.01 Å². The third-order valence-corrected chi connectivity index (χ3v) is 3.86. The Morgan fingerprint density at radius 1 is 1.15 bits per heavy atom. The molecule has 8 heteroatoms. The van der Waals surface area contributed by atoms with Gasteiger partial charge in [-0.05, 0) is 34.7 Å². The number of rotatable bonds is 3. The molecule has 4 rings (SSSR count). The average molecular weight is 283 g/mol. The summed E-state index contributed by atoms with van der Waals surface area (Å²) in [5, 5.41) is 19.6. The molecule has 0 saturated carbocycles. The fraction of sp³-hybridized carbons (Fsp3) is 0.0833. The van der Waals surface area contributed by atoms with Crippen LogP contribution in [0.25, 0.3) is 15.9 Å². The van der Waals surface area contributed by atoms with E-state index in [0.717, 1.165) is 10.5 Å². The molecule has 0 aliphatic heterocycles. The van der Waals surface area contributed by atoms with Gasteiger partial charge in [0.25, 0.3) is 0 Å². The van der Waals surface area contributed by atoms with Crippen molar-refractivity contribution in [2.75, 3.05) is 5.32 Å². The van der Waals surface area contributed by atoms with Crippen LogP contribution in [0.3, 0.4) is 0 Å². The van der Waals surface area contributed by atoms with Crippen LogP contribution < -0.4 is 5.32 Å². The summed E-state index contributed by atoms with van der Waals surface area (Å²) in [6, 6.07) is 11.8. The Balaban J connectivity index is 1.56. The normalized spacial score (nSPS) is 11.2. The Morgan fingerprint density at radius 2 is 2.10 bits per heavy atom. The van der Waals surface area contributed by atoms with Gasteiger partial charge in [-0.25, -0.2) is 4.98 Å². The van der Waals surface area contributed by atoms with Crippen LogP contribution >= 0.6 is 11.3 Å². The Bertz CT molecular complexity index is 846. The number of anilines is 1. The van der Waals surface area contributed by atoms with Crippen LogP contribution in [0, 0.1) is 0 Å². The predicted octanol–water partition coefficient (Wildman–Crippen LogP) is 1.74. The summed E-state index contributed by atoms with van der Waals surface area (Å²) in [4.78, 5) is 4.56. The highest BCUT2D eigenvalue weighted by Crippen LogP contribution is 2.21. The molecule has 0 fully saturated rings. The summed E-state index contributed by atoms with van der Waals surface area (Å²) in [6.07, 6.45) is 0. The highest BCUT2D eigenvalue weighted by atomic mass is 32.1. The van der Waals surface area contributed by atoms with Crippen LogP contribution in [-0.2, 0) is 6.54 Å². The number of nitrogens with zero attached hydrogens (tertiary/aromatic N) is 6. The predicted molar refractivity (Wildman–Crippen MR) is 75.5 cm³/mol. The van der Waals surface area contributed by atoms with Crippen LogP contribution in [0.5, 0.6) is 0 Å². The summed E-state index contributed by atoms with van der Waals surface area (Å²) >= 11 is 1.67. The van der Waals surface area contributed by atoms with E-state index in [-0.39, 0.29) is 0 Å². The molecule has 4 aromatic rings. The minimum Gasteiger partial charge on any atom is -0.362 e. The van der Waals surface area contributed by atoms with Crippen molar-refractivity contribution in [1.29, 1.82) is 0 Å². The maximum absolute atomic E-state index is 4.56. The summed E-state index contributed by atoms with van der Waals surface area (Å²) in [6.45, 7) is 0.625. The van der Waals surface area contributed by atoms with E-state index in [9.17, 15) is 0 Å². The van der Waals surface area contributed by atoms with E-state index in [4.69, 9.17) is 0 Å². The third-order valence-electron chi connectivity index (χ3n) is 2.83. The quantitative estimate of drug-likeness (QED) is 0.617. The first-order valence-electron chi connectivity index (χ1n) is 6.02. The summed E-state index contributed by atoms with van der Waals surface area (Å²) in [7, 11) is 0. The van der Waals surface area contributed by atoms with Crippen molar-refractivity contribution >= 4 is 33.0 Å². The molecule has 7 nitrogen and oxygen atoms in total. The molecule has 0 aliphatic rings. The van der Waals surface area contributed by atoms with E-state index in [1.165, 1.54) is 9.33 Å². The van der Waals surface area contributed by atoms with E-state index in [0.29, 0.717) is 18.0 Å². The van der Waals surface area contributed by atoms with Gasteiger partial charge in [0.2, 0.25) is 0 Å². The molecule has 1 N–H and O–H groups in total. The van der Waals surface area contributed by atoms with Crippen molar-refractivity contribution in [3.63, 3.8) is 0 Å². The Kier molecular flexibility index (Phi) is 2.52. The Labute approximate surface area is 117 Å². The maximum Gasteiger partial charge on any atom is 0.200 e. The van der Waals surface area contributed by atoms with Gasteiger partial charge >= 0.3 is 0 Å². The second-order valence-corrected chi connectivity index (χ2v) is 5.29. The number of hydrogen-bond acceptors (Lipinski definition) is 7. The molecule has 3 heterocycles. The van der Waals surface area contributed by atoms with E-state index in [1.807, 2.05) is 30.3 Å². The number of thiazole rings is 1. The molecule has 98 valence electrons. The van der Waals surface area contributed by atoms with E-state index < -0.39 is 0 Å². The number of para-hydroxylation sites is 1. The zero-order chi connectivity index (χ0) is 13.4. The number of tetrazole rings is 1. The molecule has 0 saturated heterocycles. The maximum atomic E-state index is 4.56. The molecule has 0 bridgehead atoms. The van der Waals surface area contributed by atoms with Gasteiger partial charge in [-0.1, -0.05) is 12.1 Å². The zero-order valence-corrected chi connectivity index (χ0v) is 11.1. The molecule has 3 aromatic heterocycles. The smallest absolute Gasteiger partial charge is 0.200 e. The molecule has 0 aliphatic carbocycles. The molecule has 0 amide bonds. The zero-order valence-electron chi connectivity index (χ0n) is 10.3. The first-order chi connectivity index (χ1) is 9.88. The van der Waals surface area contributed by atoms with Crippen molar-refractivity contribution in [3.8, 4) is 0 Å². The lowest BCUT2D eigenvalue weighted by atomic mass is 10.3. The van der Waals surface area contributed by atoms with Gasteiger partial charge in [0, 0.05) is 0 Å². The van der Waals surface area contributed by atoms with E-state index >= 15 is 0 Å².